The number of halogens is 6. The molecule has 0 aromatic heterocycles. The summed E-state index contributed by atoms with van der Waals surface area (Å²) in [6.45, 7) is 0.106. The van der Waals surface area contributed by atoms with Gasteiger partial charge in [0.25, 0.3) is 5.91 Å². The van der Waals surface area contributed by atoms with Gasteiger partial charge in [-0.25, -0.2) is 0 Å². The first-order valence-electron chi connectivity index (χ1n) is 7.09. The molecule has 1 aliphatic heterocycles. The number of aliphatic imine (C=N–C) groups is 1. The number of amides is 1. The molecule has 0 radical (unpaired) electrons. The Morgan fingerprint density at radius 1 is 1.04 bits per heavy atom. The van der Waals surface area contributed by atoms with Gasteiger partial charge in [0.2, 0.25) is 0 Å². The molecule has 1 unspecified atom stereocenters. The maximum Gasteiger partial charge on any atom is 0.416 e. The summed E-state index contributed by atoms with van der Waals surface area (Å²) < 4.78 is 77.7. The zero-order chi connectivity index (χ0) is 19.0. The number of guanidine groups is 1. The van der Waals surface area contributed by atoms with Crippen molar-refractivity contribution in [1.29, 1.82) is 0 Å². The number of carbonyl (C=O) groups is 1. The molecular weight excluding hydrogens is 354 g/mol. The monoisotopic (exact) mass is 368 g/mol. The van der Waals surface area contributed by atoms with Crippen LogP contribution < -0.4 is 16.4 Å². The highest BCUT2D eigenvalue weighted by molar-refractivity contribution is 5.96. The summed E-state index contributed by atoms with van der Waals surface area (Å²) in [6.07, 6.45) is -9.31. The Morgan fingerprint density at radius 3 is 2.00 bits per heavy atom. The van der Waals surface area contributed by atoms with E-state index >= 15 is 0 Å². The molecule has 1 heterocycles. The third-order valence-electron chi connectivity index (χ3n) is 3.68. The fraction of sp³-hybridized carbons (Fsp3) is 0.429. The lowest BCUT2D eigenvalue weighted by molar-refractivity contribution is -0.143. The van der Waals surface area contributed by atoms with E-state index in [0.717, 1.165) is 4.90 Å². The molecule has 4 N–H and O–H groups in total. The van der Waals surface area contributed by atoms with Crippen molar-refractivity contribution >= 4 is 17.6 Å². The zero-order valence-corrected chi connectivity index (χ0v) is 12.7. The van der Waals surface area contributed by atoms with Crippen LogP contribution in [0.4, 0.5) is 32.0 Å². The summed E-state index contributed by atoms with van der Waals surface area (Å²) in [5.41, 5.74) is 6.95. The van der Waals surface area contributed by atoms with Crippen molar-refractivity contribution in [2.24, 2.45) is 16.5 Å². The first-order chi connectivity index (χ1) is 11.4. The molecule has 5 nitrogen and oxygen atoms in total. The smallest absolute Gasteiger partial charge is 0.370 e. The number of hydrogen-bond acceptors (Lipinski definition) is 2. The quantitative estimate of drug-likeness (QED) is 0.477. The average Bonchev–Trinajstić information content (AvgIpc) is 2.93. The average molecular weight is 368 g/mol. The van der Waals surface area contributed by atoms with Crippen LogP contribution in [-0.2, 0) is 17.1 Å². The van der Waals surface area contributed by atoms with Gasteiger partial charge in [0.15, 0.2) is 5.96 Å². The van der Waals surface area contributed by atoms with Crippen molar-refractivity contribution in [3.8, 4) is 0 Å². The largest absolute Gasteiger partial charge is 0.416 e. The number of nitrogens with two attached hydrogens (primary N) is 2. The van der Waals surface area contributed by atoms with Gasteiger partial charge in [-0.1, -0.05) is 0 Å². The summed E-state index contributed by atoms with van der Waals surface area (Å²) in [4.78, 5) is 16.4. The van der Waals surface area contributed by atoms with Gasteiger partial charge < -0.3 is 16.4 Å². The lowest BCUT2D eigenvalue weighted by Gasteiger charge is -2.26. The molecule has 0 saturated carbocycles. The van der Waals surface area contributed by atoms with Crippen LogP contribution in [0.1, 0.15) is 24.0 Å². The van der Waals surface area contributed by atoms with Crippen molar-refractivity contribution < 1.29 is 31.1 Å². The van der Waals surface area contributed by atoms with E-state index in [1.54, 1.807) is 0 Å². The van der Waals surface area contributed by atoms with Gasteiger partial charge >= 0.3 is 12.4 Å². The molecule has 1 saturated heterocycles. The Labute approximate surface area is 138 Å². The Kier molecular flexibility index (Phi) is 4.87. The molecular formula is C14H14F6N4O. The van der Waals surface area contributed by atoms with E-state index in [0.29, 0.717) is 18.6 Å². The van der Waals surface area contributed by atoms with Crippen LogP contribution in [0, 0.1) is 0 Å². The number of hydrogen-bond donors (Lipinski definition) is 2. The van der Waals surface area contributed by atoms with E-state index in [9.17, 15) is 31.1 Å². The molecule has 2 rings (SSSR count). The van der Waals surface area contributed by atoms with Crippen LogP contribution in [0.15, 0.2) is 23.2 Å². The predicted octanol–water partition coefficient (Wildman–Crippen LogP) is 2.49. The van der Waals surface area contributed by atoms with Crippen molar-refractivity contribution in [1.82, 2.24) is 0 Å². The normalized spacial score (nSPS) is 18.3. The number of benzene rings is 1. The second-order valence-corrected chi connectivity index (χ2v) is 5.49. The lowest BCUT2D eigenvalue weighted by atomic mass is 10.1. The molecule has 0 bridgehead atoms. The van der Waals surface area contributed by atoms with Crippen LogP contribution in [-0.4, -0.2) is 24.5 Å². The number of rotatable bonds is 2. The lowest BCUT2D eigenvalue weighted by Crippen LogP contribution is -2.37. The van der Waals surface area contributed by atoms with Gasteiger partial charge in [-0.3, -0.25) is 4.79 Å². The molecule has 0 spiro atoms. The van der Waals surface area contributed by atoms with Crippen molar-refractivity contribution in [2.45, 2.75) is 31.2 Å². The van der Waals surface area contributed by atoms with Crippen molar-refractivity contribution in [2.75, 3.05) is 11.4 Å². The number of alkyl halides is 6. The van der Waals surface area contributed by atoms with E-state index in [1.807, 2.05) is 0 Å². The van der Waals surface area contributed by atoms with Crippen LogP contribution in [0.3, 0.4) is 0 Å². The molecule has 1 amide bonds. The topological polar surface area (TPSA) is 84.7 Å². The van der Waals surface area contributed by atoms with Gasteiger partial charge in [-0.2, -0.15) is 31.3 Å². The van der Waals surface area contributed by atoms with Gasteiger partial charge in [0, 0.05) is 12.2 Å². The van der Waals surface area contributed by atoms with E-state index in [1.165, 1.54) is 0 Å². The highest BCUT2D eigenvalue weighted by Gasteiger charge is 2.39. The van der Waals surface area contributed by atoms with Gasteiger partial charge in [-0.15, -0.1) is 0 Å². The molecule has 1 aromatic rings. The molecule has 1 aromatic carbocycles. The van der Waals surface area contributed by atoms with Gasteiger partial charge in [0.1, 0.15) is 6.04 Å². The van der Waals surface area contributed by atoms with Gasteiger partial charge in [-0.05, 0) is 31.0 Å². The Balaban J connectivity index is 2.50. The van der Waals surface area contributed by atoms with Crippen LogP contribution in [0.25, 0.3) is 0 Å². The fourth-order valence-electron chi connectivity index (χ4n) is 2.64. The molecule has 25 heavy (non-hydrogen) atoms. The van der Waals surface area contributed by atoms with E-state index in [4.69, 9.17) is 11.5 Å². The minimum absolute atomic E-state index is 0.0342. The van der Waals surface area contributed by atoms with Gasteiger partial charge in [0.05, 0.1) is 11.1 Å². The highest BCUT2D eigenvalue weighted by Crippen LogP contribution is 2.39. The first-order valence-corrected chi connectivity index (χ1v) is 7.09. The minimum Gasteiger partial charge on any atom is -0.370 e. The summed E-state index contributed by atoms with van der Waals surface area (Å²) >= 11 is 0. The zero-order valence-electron chi connectivity index (χ0n) is 12.7. The number of nitrogens with zero attached hydrogens (tertiary/aromatic N) is 2. The van der Waals surface area contributed by atoms with Crippen LogP contribution >= 0.6 is 0 Å². The Bertz CT molecular complexity index is 661. The van der Waals surface area contributed by atoms with Crippen molar-refractivity contribution in [3.05, 3.63) is 29.3 Å². The van der Waals surface area contributed by atoms with Crippen LogP contribution in [0.5, 0.6) is 0 Å². The molecule has 11 heteroatoms. The molecule has 1 aliphatic rings. The van der Waals surface area contributed by atoms with E-state index < -0.39 is 41.4 Å². The minimum atomic E-state index is -4.96. The van der Waals surface area contributed by atoms with Crippen molar-refractivity contribution in [3.63, 3.8) is 0 Å². The number of anilines is 1. The SMILES string of the molecule is NC(N)=NC(=O)C1CCCN1c1cc(C(F)(F)F)cc(C(F)(F)F)c1. The summed E-state index contributed by atoms with van der Waals surface area (Å²) in [6, 6.07) is 0.172. The fourth-order valence-corrected chi connectivity index (χ4v) is 2.64. The second-order valence-electron chi connectivity index (χ2n) is 5.49. The standard InChI is InChI=1S/C14H14F6N4O/c15-13(16,17)7-4-8(14(18,19)20)6-9(5-7)24-3-1-2-10(24)11(25)23-12(21)22/h4-6,10H,1-3H2,(H4,21,22,23,25). The number of carbonyl (C=O) groups excluding carboxylic acids is 1. The Morgan fingerprint density at radius 2 is 1.56 bits per heavy atom. The Hall–Kier alpha value is -2.46. The summed E-state index contributed by atoms with van der Waals surface area (Å²) in [5, 5.41) is 0. The molecule has 0 aliphatic carbocycles. The first kappa shape index (κ1) is 18.9. The maximum atomic E-state index is 12.9. The third kappa shape index (κ3) is 4.34. The maximum absolute atomic E-state index is 12.9. The highest BCUT2D eigenvalue weighted by atomic mass is 19.4. The summed E-state index contributed by atoms with van der Waals surface area (Å²) in [7, 11) is 0. The molecule has 1 atom stereocenters. The molecule has 1 fully saturated rings. The summed E-state index contributed by atoms with van der Waals surface area (Å²) in [5.74, 6) is -1.35. The van der Waals surface area contributed by atoms with Crippen LogP contribution in [0.2, 0.25) is 0 Å². The molecule has 138 valence electrons. The third-order valence-corrected chi connectivity index (χ3v) is 3.68. The predicted molar refractivity (Wildman–Crippen MR) is 77.6 cm³/mol. The second kappa shape index (κ2) is 6.45. The van der Waals surface area contributed by atoms with E-state index in [2.05, 4.69) is 4.99 Å². The van der Waals surface area contributed by atoms with E-state index in [-0.39, 0.29) is 24.7 Å².